The first-order chi connectivity index (χ1) is 13.0. The highest BCUT2D eigenvalue weighted by Crippen LogP contribution is 2.24. The van der Waals surface area contributed by atoms with Crippen molar-refractivity contribution < 1.29 is 14.3 Å². The number of carbonyl (C=O) groups is 2. The third kappa shape index (κ3) is 4.54. The van der Waals surface area contributed by atoms with Crippen LogP contribution in [0.4, 0.5) is 11.5 Å². The average molecular weight is 389 g/mol. The van der Waals surface area contributed by atoms with E-state index in [0.717, 1.165) is 24.9 Å². The fourth-order valence-corrected chi connectivity index (χ4v) is 3.21. The number of rotatable bonds is 4. The van der Waals surface area contributed by atoms with Gasteiger partial charge in [-0.2, -0.15) is 0 Å². The van der Waals surface area contributed by atoms with E-state index in [1.54, 1.807) is 30.3 Å². The highest BCUT2D eigenvalue weighted by atomic mass is 35.5. The molecule has 1 aromatic carbocycles. The van der Waals surface area contributed by atoms with Crippen LogP contribution in [0.3, 0.4) is 0 Å². The SMILES string of the molecule is COC(=O)c1ccc(C)c(NC(=O)[C@@H]2CCCN(c3ccc(Cl)nn3)C2)c1. The number of nitrogens with one attached hydrogen (secondary N) is 1. The second-order valence-corrected chi connectivity index (χ2v) is 6.90. The molecular formula is C19H21ClN4O3. The molecule has 1 aromatic heterocycles. The van der Waals surface area contributed by atoms with Gasteiger partial charge in [0.15, 0.2) is 11.0 Å². The number of anilines is 2. The van der Waals surface area contributed by atoms with Crippen molar-refractivity contribution in [2.24, 2.45) is 5.92 Å². The summed E-state index contributed by atoms with van der Waals surface area (Å²) >= 11 is 5.79. The van der Waals surface area contributed by atoms with E-state index in [9.17, 15) is 9.59 Å². The molecule has 1 aliphatic heterocycles. The minimum Gasteiger partial charge on any atom is -0.465 e. The van der Waals surface area contributed by atoms with Crippen LogP contribution in [0.2, 0.25) is 5.15 Å². The Kier molecular flexibility index (Phi) is 5.91. The lowest BCUT2D eigenvalue weighted by Crippen LogP contribution is -2.41. The fraction of sp³-hybridized carbons (Fsp3) is 0.368. The summed E-state index contributed by atoms with van der Waals surface area (Å²) in [5.41, 5.74) is 1.90. The van der Waals surface area contributed by atoms with Gasteiger partial charge in [-0.1, -0.05) is 17.7 Å². The van der Waals surface area contributed by atoms with Gasteiger partial charge in [0.2, 0.25) is 5.91 Å². The molecule has 27 heavy (non-hydrogen) atoms. The predicted molar refractivity (Wildman–Crippen MR) is 103 cm³/mol. The molecule has 1 aliphatic rings. The van der Waals surface area contributed by atoms with Crippen LogP contribution in [0.25, 0.3) is 0 Å². The summed E-state index contributed by atoms with van der Waals surface area (Å²) in [6.07, 6.45) is 1.67. The van der Waals surface area contributed by atoms with Crippen molar-refractivity contribution in [1.82, 2.24) is 10.2 Å². The summed E-state index contributed by atoms with van der Waals surface area (Å²) in [5.74, 6) is 0.0144. The Morgan fingerprint density at radius 2 is 2.07 bits per heavy atom. The first kappa shape index (κ1) is 19.1. The monoisotopic (exact) mass is 388 g/mol. The summed E-state index contributed by atoms with van der Waals surface area (Å²) in [5, 5.41) is 11.3. The number of esters is 1. The van der Waals surface area contributed by atoms with Crippen molar-refractivity contribution in [3.63, 3.8) is 0 Å². The number of benzene rings is 1. The molecule has 2 heterocycles. The lowest BCUT2D eigenvalue weighted by atomic mass is 9.96. The van der Waals surface area contributed by atoms with Crippen LogP contribution in [0.5, 0.6) is 0 Å². The van der Waals surface area contributed by atoms with Crippen LogP contribution >= 0.6 is 11.6 Å². The summed E-state index contributed by atoms with van der Waals surface area (Å²) in [6, 6.07) is 8.61. The zero-order chi connectivity index (χ0) is 19.4. The molecule has 0 aliphatic carbocycles. The fourth-order valence-electron chi connectivity index (χ4n) is 3.11. The number of aryl methyl sites for hydroxylation is 1. The van der Waals surface area contributed by atoms with Gasteiger partial charge in [-0.15, -0.1) is 10.2 Å². The predicted octanol–water partition coefficient (Wildman–Crippen LogP) is 3.08. The second-order valence-electron chi connectivity index (χ2n) is 6.51. The van der Waals surface area contributed by atoms with Crippen LogP contribution < -0.4 is 10.2 Å². The maximum atomic E-state index is 12.8. The first-order valence-electron chi connectivity index (χ1n) is 8.72. The lowest BCUT2D eigenvalue weighted by Gasteiger charge is -2.32. The number of amides is 1. The lowest BCUT2D eigenvalue weighted by molar-refractivity contribution is -0.120. The molecule has 1 N–H and O–H groups in total. The maximum Gasteiger partial charge on any atom is 0.337 e. The zero-order valence-electron chi connectivity index (χ0n) is 15.2. The van der Waals surface area contributed by atoms with Crippen LogP contribution in [0.15, 0.2) is 30.3 Å². The van der Waals surface area contributed by atoms with Gasteiger partial charge in [0.1, 0.15) is 0 Å². The number of hydrogen-bond donors (Lipinski definition) is 1. The largest absolute Gasteiger partial charge is 0.465 e. The molecule has 0 radical (unpaired) electrons. The van der Waals surface area contributed by atoms with Crippen molar-refractivity contribution >= 4 is 35.0 Å². The maximum absolute atomic E-state index is 12.8. The summed E-state index contributed by atoms with van der Waals surface area (Å²) in [6.45, 7) is 3.25. The van der Waals surface area contributed by atoms with Crippen molar-refractivity contribution in [3.05, 3.63) is 46.6 Å². The van der Waals surface area contributed by atoms with E-state index in [1.165, 1.54) is 7.11 Å². The van der Waals surface area contributed by atoms with Crippen molar-refractivity contribution in [2.75, 3.05) is 30.4 Å². The minimum atomic E-state index is -0.435. The topological polar surface area (TPSA) is 84.4 Å². The van der Waals surface area contributed by atoms with E-state index in [1.807, 2.05) is 11.8 Å². The third-order valence-corrected chi connectivity index (χ3v) is 4.85. The molecule has 142 valence electrons. The molecule has 0 saturated carbocycles. The highest BCUT2D eigenvalue weighted by Gasteiger charge is 2.27. The van der Waals surface area contributed by atoms with Crippen molar-refractivity contribution in [3.8, 4) is 0 Å². The zero-order valence-corrected chi connectivity index (χ0v) is 16.0. The molecule has 0 spiro atoms. The summed E-state index contributed by atoms with van der Waals surface area (Å²) in [7, 11) is 1.33. The quantitative estimate of drug-likeness (QED) is 0.810. The Labute approximate surface area is 162 Å². The molecule has 3 rings (SSSR count). The van der Waals surface area contributed by atoms with E-state index >= 15 is 0 Å². The third-order valence-electron chi connectivity index (χ3n) is 4.65. The molecule has 1 fully saturated rings. The van der Waals surface area contributed by atoms with Gasteiger partial charge >= 0.3 is 5.97 Å². The standard InChI is InChI=1S/C19H21ClN4O3/c1-12-5-6-13(19(26)27-2)10-15(12)21-18(25)14-4-3-9-24(11-14)17-8-7-16(20)22-23-17/h5-8,10,14H,3-4,9,11H2,1-2H3,(H,21,25)/t14-/m1/s1. The Balaban J connectivity index is 1.70. The number of aromatic nitrogens is 2. The van der Waals surface area contributed by atoms with Gasteiger partial charge in [-0.3, -0.25) is 4.79 Å². The number of carbonyl (C=O) groups excluding carboxylic acids is 2. The van der Waals surface area contributed by atoms with Crippen molar-refractivity contribution in [1.29, 1.82) is 0 Å². The molecule has 0 unspecified atom stereocenters. The number of nitrogens with zero attached hydrogens (tertiary/aromatic N) is 3. The van der Waals surface area contributed by atoms with Gasteiger partial charge in [-0.05, 0) is 49.6 Å². The number of ether oxygens (including phenoxy) is 1. The van der Waals surface area contributed by atoms with E-state index in [2.05, 4.69) is 15.5 Å². The van der Waals surface area contributed by atoms with Gasteiger partial charge in [-0.25, -0.2) is 4.79 Å². The molecule has 1 saturated heterocycles. The smallest absolute Gasteiger partial charge is 0.337 e. The van der Waals surface area contributed by atoms with Crippen LogP contribution in [-0.4, -0.2) is 42.3 Å². The minimum absolute atomic E-state index is 0.0771. The number of hydrogen-bond acceptors (Lipinski definition) is 6. The highest BCUT2D eigenvalue weighted by molar-refractivity contribution is 6.29. The summed E-state index contributed by atoms with van der Waals surface area (Å²) in [4.78, 5) is 26.6. The Morgan fingerprint density at radius 1 is 1.26 bits per heavy atom. The van der Waals surface area contributed by atoms with Crippen LogP contribution in [0.1, 0.15) is 28.8 Å². The van der Waals surface area contributed by atoms with E-state index in [-0.39, 0.29) is 11.8 Å². The normalized spacial score (nSPS) is 16.7. The molecule has 2 aromatic rings. The van der Waals surface area contributed by atoms with Crippen LogP contribution in [0, 0.1) is 12.8 Å². The Morgan fingerprint density at radius 3 is 2.78 bits per heavy atom. The van der Waals surface area contributed by atoms with Gasteiger partial charge < -0.3 is 15.0 Å². The number of halogens is 1. The number of methoxy groups -OCH3 is 1. The van der Waals surface area contributed by atoms with E-state index in [4.69, 9.17) is 16.3 Å². The van der Waals surface area contributed by atoms with Gasteiger partial charge in [0.25, 0.3) is 0 Å². The molecule has 0 bridgehead atoms. The van der Waals surface area contributed by atoms with Gasteiger partial charge in [0.05, 0.1) is 18.6 Å². The molecule has 1 atom stereocenters. The molecule has 7 nitrogen and oxygen atoms in total. The van der Waals surface area contributed by atoms with Crippen molar-refractivity contribution in [2.45, 2.75) is 19.8 Å². The molecule has 1 amide bonds. The molecular weight excluding hydrogens is 368 g/mol. The van der Waals surface area contributed by atoms with Crippen LogP contribution in [-0.2, 0) is 9.53 Å². The Hall–Kier alpha value is -2.67. The average Bonchev–Trinajstić information content (AvgIpc) is 2.69. The molecule has 8 heteroatoms. The van der Waals surface area contributed by atoms with E-state index < -0.39 is 5.97 Å². The van der Waals surface area contributed by atoms with Gasteiger partial charge in [0, 0.05) is 18.8 Å². The Bertz CT molecular complexity index is 841. The first-order valence-corrected chi connectivity index (χ1v) is 9.09. The second kappa shape index (κ2) is 8.35. The summed E-state index contributed by atoms with van der Waals surface area (Å²) < 4.78 is 4.74. The van der Waals surface area contributed by atoms with E-state index in [0.29, 0.717) is 28.8 Å². The number of piperidine rings is 1.